The molecule has 1 aromatic rings. The van der Waals surface area contributed by atoms with Crippen molar-refractivity contribution < 1.29 is 13.9 Å². The summed E-state index contributed by atoms with van der Waals surface area (Å²) in [7, 11) is 3.59. The fourth-order valence-electron chi connectivity index (χ4n) is 3.91. The molecule has 0 amide bonds. The van der Waals surface area contributed by atoms with Gasteiger partial charge in [-0.2, -0.15) is 0 Å². The highest BCUT2D eigenvalue weighted by molar-refractivity contribution is 14.0. The van der Waals surface area contributed by atoms with E-state index in [0.29, 0.717) is 6.04 Å². The molecule has 2 saturated heterocycles. The molecule has 29 heavy (non-hydrogen) atoms. The molecule has 6 nitrogen and oxygen atoms in total. The van der Waals surface area contributed by atoms with Gasteiger partial charge in [0.15, 0.2) is 5.96 Å². The number of aliphatic imine (C=N–C) groups is 1. The van der Waals surface area contributed by atoms with Gasteiger partial charge in [-0.3, -0.25) is 9.89 Å². The molecule has 2 aliphatic heterocycles. The molecule has 3 rings (SSSR count). The number of guanidine groups is 1. The number of methoxy groups -OCH3 is 1. The van der Waals surface area contributed by atoms with Crippen molar-refractivity contribution in [1.82, 2.24) is 15.5 Å². The van der Waals surface area contributed by atoms with E-state index in [1.165, 1.54) is 12.1 Å². The number of halogens is 2. The predicted octanol–water partition coefficient (Wildman–Crippen LogP) is 2.77. The number of piperidine rings is 1. The number of likely N-dealkylation sites (tertiary alicyclic amines) is 1. The van der Waals surface area contributed by atoms with Gasteiger partial charge in [0.05, 0.1) is 5.60 Å². The predicted molar refractivity (Wildman–Crippen MR) is 124 cm³/mol. The van der Waals surface area contributed by atoms with Gasteiger partial charge in [0.2, 0.25) is 0 Å². The molecule has 8 heteroatoms. The van der Waals surface area contributed by atoms with Crippen LogP contribution in [0, 0.1) is 5.82 Å². The summed E-state index contributed by atoms with van der Waals surface area (Å²) >= 11 is 0. The van der Waals surface area contributed by atoms with E-state index in [1.807, 2.05) is 19.2 Å². The summed E-state index contributed by atoms with van der Waals surface area (Å²) < 4.78 is 24.3. The fraction of sp³-hybridized carbons (Fsp3) is 0.667. The third-order valence-electron chi connectivity index (χ3n) is 5.89. The van der Waals surface area contributed by atoms with Crippen molar-refractivity contribution in [3.8, 4) is 0 Å². The van der Waals surface area contributed by atoms with Gasteiger partial charge in [-0.1, -0.05) is 12.1 Å². The van der Waals surface area contributed by atoms with Gasteiger partial charge in [0, 0.05) is 72.4 Å². The molecule has 1 aromatic carbocycles. The summed E-state index contributed by atoms with van der Waals surface area (Å²) in [4.78, 5) is 6.81. The zero-order chi connectivity index (χ0) is 19.8. The maximum atomic E-state index is 13.0. The Morgan fingerprint density at radius 2 is 1.90 bits per heavy atom. The minimum atomic E-state index is -0.179. The Morgan fingerprint density at radius 1 is 1.24 bits per heavy atom. The molecule has 2 fully saturated rings. The number of ether oxygens (including phenoxy) is 2. The molecule has 2 heterocycles. The fourth-order valence-corrected chi connectivity index (χ4v) is 3.91. The lowest BCUT2D eigenvalue weighted by Gasteiger charge is -2.37. The maximum Gasteiger partial charge on any atom is 0.191 e. The van der Waals surface area contributed by atoms with E-state index in [2.05, 4.69) is 20.5 Å². The van der Waals surface area contributed by atoms with E-state index >= 15 is 0 Å². The van der Waals surface area contributed by atoms with E-state index in [1.54, 1.807) is 7.11 Å². The highest BCUT2D eigenvalue weighted by Crippen LogP contribution is 2.23. The minimum Gasteiger partial charge on any atom is -0.381 e. The van der Waals surface area contributed by atoms with Crippen molar-refractivity contribution in [2.45, 2.75) is 43.9 Å². The smallest absolute Gasteiger partial charge is 0.191 e. The second kappa shape index (κ2) is 12.0. The van der Waals surface area contributed by atoms with Gasteiger partial charge in [0.25, 0.3) is 0 Å². The van der Waals surface area contributed by atoms with Crippen molar-refractivity contribution in [3.05, 3.63) is 35.6 Å². The average molecular weight is 520 g/mol. The normalized spacial score (nSPS) is 20.7. The van der Waals surface area contributed by atoms with Crippen LogP contribution in [-0.4, -0.2) is 69.5 Å². The highest BCUT2D eigenvalue weighted by Gasteiger charge is 2.32. The van der Waals surface area contributed by atoms with E-state index in [9.17, 15) is 4.39 Å². The van der Waals surface area contributed by atoms with Crippen LogP contribution < -0.4 is 10.6 Å². The summed E-state index contributed by atoms with van der Waals surface area (Å²) in [5, 5.41) is 7.00. The Hall–Kier alpha value is -0.970. The van der Waals surface area contributed by atoms with E-state index in [0.717, 1.165) is 76.6 Å². The number of hydrogen-bond donors (Lipinski definition) is 2. The quantitative estimate of drug-likeness (QED) is 0.344. The van der Waals surface area contributed by atoms with Crippen molar-refractivity contribution in [1.29, 1.82) is 0 Å². The number of rotatable bonds is 6. The molecule has 0 unspecified atom stereocenters. The maximum absolute atomic E-state index is 13.0. The van der Waals surface area contributed by atoms with Gasteiger partial charge < -0.3 is 20.1 Å². The highest BCUT2D eigenvalue weighted by atomic mass is 127. The zero-order valence-electron chi connectivity index (χ0n) is 17.5. The molecule has 0 atom stereocenters. The van der Waals surface area contributed by atoms with Crippen LogP contribution in [-0.2, 0) is 16.0 Å². The van der Waals surface area contributed by atoms with Crippen molar-refractivity contribution in [2.24, 2.45) is 4.99 Å². The molecule has 0 bridgehead atoms. The molecule has 164 valence electrons. The lowest BCUT2D eigenvalue weighted by atomic mass is 9.94. The Balaban J connectivity index is 0.00000300. The SMILES string of the molecule is CN=C(NCC1(OC)CCOCC1)NC1CCN(Cc2ccc(F)cc2)CC1.I. The lowest BCUT2D eigenvalue weighted by molar-refractivity contribution is -0.0855. The van der Waals surface area contributed by atoms with Crippen LogP contribution >= 0.6 is 24.0 Å². The van der Waals surface area contributed by atoms with Crippen LogP contribution in [0.25, 0.3) is 0 Å². The molecule has 0 aromatic heterocycles. The number of nitrogens with one attached hydrogen (secondary N) is 2. The topological polar surface area (TPSA) is 58.1 Å². The van der Waals surface area contributed by atoms with Gasteiger partial charge >= 0.3 is 0 Å². The lowest BCUT2D eigenvalue weighted by Crippen LogP contribution is -2.53. The molecule has 0 spiro atoms. The molecule has 2 aliphatic rings. The molecule has 0 radical (unpaired) electrons. The largest absolute Gasteiger partial charge is 0.381 e. The summed E-state index contributed by atoms with van der Waals surface area (Å²) in [5.74, 6) is 0.654. The summed E-state index contributed by atoms with van der Waals surface area (Å²) in [6, 6.07) is 7.21. The number of hydrogen-bond acceptors (Lipinski definition) is 4. The summed E-state index contributed by atoms with van der Waals surface area (Å²) in [6.07, 6.45) is 3.92. The third-order valence-corrected chi connectivity index (χ3v) is 5.89. The Labute approximate surface area is 190 Å². The monoisotopic (exact) mass is 520 g/mol. The average Bonchev–Trinajstić information content (AvgIpc) is 2.74. The molecule has 2 N–H and O–H groups in total. The van der Waals surface area contributed by atoms with E-state index in [4.69, 9.17) is 9.47 Å². The van der Waals surface area contributed by atoms with Crippen LogP contribution in [0.5, 0.6) is 0 Å². The van der Waals surface area contributed by atoms with E-state index < -0.39 is 0 Å². The van der Waals surface area contributed by atoms with Crippen LogP contribution in [0.1, 0.15) is 31.2 Å². The summed E-state index contributed by atoms with van der Waals surface area (Å²) in [6.45, 7) is 5.13. The van der Waals surface area contributed by atoms with Crippen molar-refractivity contribution >= 4 is 29.9 Å². The molecular formula is C21H34FIN4O2. The second-order valence-electron chi connectivity index (χ2n) is 7.75. The van der Waals surface area contributed by atoms with Gasteiger partial charge in [-0.15, -0.1) is 24.0 Å². The Kier molecular flexibility index (Phi) is 10.1. The minimum absolute atomic E-state index is 0. The first-order valence-electron chi connectivity index (χ1n) is 10.2. The molecule has 0 aliphatic carbocycles. The third kappa shape index (κ3) is 7.34. The first kappa shape index (κ1) is 24.3. The second-order valence-corrected chi connectivity index (χ2v) is 7.75. The summed E-state index contributed by atoms with van der Waals surface area (Å²) in [5.41, 5.74) is 0.987. The van der Waals surface area contributed by atoms with Crippen molar-refractivity contribution in [2.75, 3.05) is 47.0 Å². The van der Waals surface area contributed by atoms with Crippen LogP contribution in [0.4, 0.5) is 4.39 Å². The van der Waals surface area contributed by atoms with Crippen molar-refractivity contribution in [3.63, 3.8) is 0 Å². The zero-order valence-corrected chi connectivity index (χ0v) is 19.8. The van der Waals surface area contributed by atoms with Gasteiger partial charge in [0.1, 0.15) is 5.82 Å². The van der Waals surface area contributed by atoms with E-state index in [-0.39, 0.29) is 35.4 Å². The van der Waals surface area contributed by atoms with Gasteiger partial charge in [-0.05, 0) is 30.5 Å². The standard InChI is InChI=1S/C21H33FN4O2.HI/c1-23-20(24-16-21(27-2)9-13-28-14-10-21)25-19-7-11-26(12-8-19)15-17-3-5-18(22)6-4-17;/h3-6,19H,7-16H2,1-2H3,(H2,23,24,25);1H. The molecular weight excluding hydrogens is 486 g/mol. The number of benzene rings is 1. The first-order valence-corrected chi connectivity index (χ1v) is 10.2. The molecule has 0 saturated carbocycles. The Bertz CT molecular complexity index is 630. The number of nitrogens with zero attached hydrogens (tertiary/aromatic N) is 2. The Morgan fingerprint density at radius 3 is 2.48 bits per heavy atom. The van der Waals surface area contributed by atoms with Gasteiger partial charge in [-0.25, -0.2) is 4.39 Å². The first-order chi connectivity index (χ1) is 13.6. The van der Waals surface area contributed by atoms with Crippen LogP contribution in [0.3, 0.4) is 0 Å². The van der Waals surface area contributed by atoms with Crippen LogP contribution in [0.2, 0.25) is 0 Å². The van der Waals surface area contributed by atoms with Crippen LogP contribution in [0.15, 0.2) is 29.3 Å².